The van der Waals surface area contributed by atoms with Gasteiger partial charge < -0.3 is 15.1 Å². The van der Waals surface area contributed by atoms with E-state index in [2.05, 4.69) is 39.2 Å². The van der Waals surface area contributed by atoms with E-state index < -0.39 is 0 Å². The molecule has 2 rings (SSSR count). The first-order valence-corrected chi connectivity index (χ1v) is 10.1. The summed E-state index contributed by atoms with van der Waals surface area (Å²) in [7, 11) is 4.20. The largest absolute Gasteiger partial charge is 0.356 e. The normalized spacial score (nSPS) is 17.3. The highest BCUT2D eigenvalue weighted by Crippen LogP contribution is 2.25. The highest BCUT2D eigenvalue weighted by molar-refractivity contribution is 7.99. The van der Waals surface area contributed by atoms with E-state index in [4.69, 9.17) is 11.6 Å². The average Bonchev–Trinajstić information content (AvgIpc) is 2.59. The molecule has 1 aliphatic heterocycles. The summed E-state index contributed by atoms with van der Waals surface area (Å²) in [6.07, 6.45) is 3.12. The van der Waals surface area contributed by atoms with Crippen molar-refractivity contribution in [2.45, 2.75) is 50.4 Å². The number of nitrogens with one attached hydrogen (secondary N) is 1. The molecule has 0 spiro atoms. The van der Waals surface area contributed by atoms with Gasteiger partial charge in [0, 0.05) is 25.2 Å². The number of amides is 1. The van der Waals surface area contributed by atoms with Gasteiger partial charge in [-0.3, -0.25) is 4.79 Å². The van der Waals surface area contributed by atoms with Gasteiger partial charge in [-0.05, 0) is 46.3 Å². The first kappa shape index (κ1) is 20.3. The lowest BCUT2D eigenvalue weighted by atomic mass is 10.0. The van der Waals surface area contributed by atoms with Crippen LogP contribution in [0, 0.1) is 0 Å². The van der Waals surface area contributed by atoms with Crippen LogP contribution in [0.4, 0.5) is 5.82 Å². The number of hydrogen-bond acceptors (Lipinski definition) is 6. The fraction of sp³-hybridized carbons (Fsp3) is 0.706. The van der Waals surface area contributed by atoms with Gasteiger partial charge in [0.2, 0.25) is 5.91 Å². The van der Waals surface area contributed by atoms with Gasteiger partial charge in [-0.1, -0.05) is 30.3 Å². The molecule has 1 atom stereocenters. The Morgan fingerprint density at radius 3 is 2.80 bits per heavy atom. The van der Waals surface area contributed by atoms with Crippen molar-refractivity contribution in [3.8, 4) is 0 Å². The number of anilines is 1. The molecule has 1 saturated heterocycles. The van der Waals surface area contributed by atoms with Gasteiger partial charge in [0.15, 0.2) is 5.16 Å². The number of aromatic nitrogens is 2. The van der Waals surface area contributed by atoms with Crippen LogP contribution in [0.5, 0.6) is 0 Å². The zero-order valence-electron chi connectivity index (χ0n) is 15.5. The molecule has 1 aromatic heterocycles. The lowest BCUT2D eigenvalue weighted by Gasteiger charge is -2.35. The third-order valence-electron chi connectivity index (χ3n) is 4.61. The minimum atomic E-state index is -0.00634. The maximum Gasteiger partial charge on any atom is 0.230 e. The summed E-state index contributed by atoms with van der Waals surface area (Å²) < 4.78 is 0. The highest BCUT2D eigenvalue weighted by Gasteiger charge is 2.22. The quantitative estimate of drug-likeness (QED) is 0.442. The van der Waals surface area contributed by atoms with E-state index in [1.807, 2.05) is 13.8 Å². The predicted molar refractivity (Wildman–Crippen MR) is 105 cm³/mol. The van der Waals surface area contributed by atoms with Crippen molar-refractivity contribution in [1.82, 2.24) is 20.2 Å². The molecule has 8 heteroatoms. The molecule has 140 valence electrons. The Balaban J connectivity index is 1.98. The Bertz CT molecular complexity index is 580. The average molecular weight is 386 g/mol. The van der Waals surface area contributed by atoms with E-state index in [9.17, 15) is 4.79 Å². The minimum absolute atomic E-state index is 0.00634. The van der Waals surface area contributed by atoms with Crippen molar-refractivity contribution in [2.24, 2.45) is 0 Å². The molecule has 0 bridgehead atoms. The van der Waals surface area contributed by atoms with Crippen LogP contribution >= 0.6 is 23.4 Å². The Morgan fingerprint density at radius 1 is 1.48 bits per heavy atom. The molecule has 1 fully saturated rings. The summed E-state index contributed by atoms with van der Waals surface area (Å²) in [6, 6.07) is 2.43. The second-order valence-electron chi connectivity index (χ2n) is 6.64. The lowest BCUT2D eigenvalue weighted by molar-refractivity contribution is -0.119. The van der Waals surface area contributed by atoms with E-state index in [-0.39, 0.29) is 11.9 Å². The van der Waals surface area contributed by atoms with Crippen molar-refractivity contribution in [3.05, 3.63) is 11.2 Å². The van der Waals surface area contributed by atoms with E-state index in [1.54, 1.807) is 6.07 Å². The highest BCUT2D eigenvalue weighted by atomic mass is 35.5. The lowest BCUT2D eigenvalue weighted by Crippen LogP contribution is -2.42. The van der Waals surface area contributed by atoms with Crippen LogP contribution in [0.2, 0.25) is 5.15 Å². The second kappa shape index (κ2) is 9.59. The molecule has 0 saturated carbocycles. The monoisotopic (exact) mass is 385 g/mol. The molecule has 2 heterocycles. The summed E-state index contributed by atoms with van der Waals surface area (Å²) >= 11 is 7.50. The molecule has 25 heavy (non-hydrogen) atoms. The number of carbonyl (C=O) groups is 1. The van der Waals surface area contributed by atoms with E-state index in [0.29, 0.717) is 22.1 Å². The van der Waals surface area contributed by atoms with Gasteiger partial charge in [-0.2, -0.15) is 0 Å². The van der Waals surface area contributed by atoms with E-state index >= 15 is 0 Å². The van der Waals surface area contributed by atoms with E-state index in [1.165, 1.54) is 11.8 Å². The van der Waals surface area contributed by atoms with Crippen LogP contribution in [-0.4, -0.2) is 65.8 Å². The summed E-state index contributed by atoms with van der Waals surface area (Å²) in [6.45, 7) is 6.22. The number of piperidine rings is 1. The molecule has 1 N–H and O–H groups in total. The number of likely N-dealkylation sites (tertiary alicyclic amines) is 1. The predicted octanol–water partition coefficient (Wildman–Crippen LogP) is 2.67. The third kappa shape index (κ3) is 6.31. The van der Waals surface area contributed by atoms with Crippen molar-refractivity contribution in [2.75, 3.05) is 37.8 Å². The standard InChI is InChI=1S/C17H28ClN5OS/c1-5-12(2)19-16(24)11-25-17-20-14(18)10-15(21-17)23(4)13-6-8-22(3)9-7-13/h10,12-13H,5-9,11H2,1-4H3,(H,19,24). The number of rotatable bonds is 7. The number of thioether (sulfide) groups is 1. The molecule has 1 aliphatic rings. The van der Waals surface area contributed by atoms with Crippen molar-refractivity contribution in [1.29, 1.82) is 0 Å². The topological polar surface area (TPSA) is 61.4 Å². The molecule has 0 aromatic carbocycles. The maximum absolute atomic E-state index is 11.9. The Hall–Kier alpha value is -1.05. The zero-order valence-corrected chi connectivity index (χ0v) is 17.0. The van der Waals surface area contributed by atoms with E-state index in [0.717, 1.165) is 38.2 Å². The second-order valence-corrected chi connectivity index (χ2v) is 7.97. The summed E-state index contributed by atoms with van der Waals surface area (Å²) in [5, 5.41) is 3.90. The summed E-state index contributed by atoms with van der Waals surface area (Å²) in [5.41, 5.74) is 0. The molecular weight excluding hydrogens is 358 g/mol. The van der Waals surface area contributed by atoms with Crippen LogP contribution in [0.3, 0.4) is 0 Å². The van der Waals surface area contributed by atoms with Crippen LogP contribution in [0.1, 0.15) is 33.1 Å². The molecule has 6 nitrogen and oxygen atoms in total. The number of hydrogen-bond donors (Lipinski definition) is 1. The van der Waals surface area contributed by atoms with Crippen LogP contribution in [-0.2, 0) is 4.79 Å². The van der Waals surface area contributed by atoms with Gasteiger partial charge in [0.1, 0.15) is 11.0 Å². The molecule has 1 aromatic rings. The van der Waals surface area contributed by atoms with Gasteiger partial charge in [-0.25, -0.2) is 9.97 Å². The SMILES string of the molecule is CCC(C)NC(=O)CSc1nc(Cl)cc(N(C)C2CCN(C)CC2)n1. The van der Waals surface area contributed by atoms with Gasteiger partial charge in [0.05, 0.1) is 5.75 Å². The molecule has 0 aliphatic carbocycles. The van der Waals surface area contributed by atoms with Crippen LogP contribution in [0.25, 0.3) is 0 Å². The fourth-order valence-corrected chi connectivity index (χ4v) is 3.64. The van der Waals surface area contributed by atoms with Crippen LogP contribution in [0.15, 0.2) is 11.2 Å². The first-order chi connectivity index (χ1) is 11.9. The van der Waals surface area contributed by atoms with Crippen molar-refractivity contribution < 1.29 is 4.79 Å². The molecule has 1 amide bonds. The molecule has 1 unspecified atom stereocenters. The number of halogens is 1. The Morgan fingerprint density at radius 2 is 2.16 bits per heavy atom. The molecule has 0 radical (unpaired) electrons. The van der Waals surface area contributed by atoms with Gasteiger partial charge >= 0.3 is 0 Å². The smallest absolute Gasteiger partial charge is 0.230 e. The number of carbonyl (C=O) groups excluding carboxylic acids is 1. The Labute approximate surface area is 159 Å². The first-order valence-electron chi connectivity index (χ1n) is 8.77. The van der Waals surface area contributed by atoms with Gasteiger partial charge in [-0.15, -0.1) is 0 Å². The van der Waals surface area contributed by atoms with Crippen LogP contribution < -0.4 is 10.2 Å². The number of nitrogens with zero attached hydrogens (tertiary/aromatic N) is 4. The van der Waals surface area contributed by atoms with Crippen molar-refractivity contribution >= 4 is 35.1 Å². The maximum atomic E-state index is 11.9. The molecular formula is C17H28ClN5OS. The fourth-order valence-electron chi connectivity index (χ4n) is 2.75. The minimum Gasteiger partial charge on any atom is -0.356 e. The summed E-state index contributed by atoms with van der Waals surface area (Å²) in [5.74, 6) is 1.11. The summed E-state index contributed by atoms with van der Waals surface area (Å²) in [4.78, 5) is 25.3. The zero-order chi connectivity index (χ0) is 18.4. The Kier molecular flexibility index (Phi) is 7.78. The van der Waals surface area contributed by atoms with Gasteiger partial charge in [0.25, 0.3) is 0 Å². The van der Waals surface area contributed by atoms with Crippen molar-refractivity contribution in [3.63, 3.8) is 0 Å². The third-order valence-corrected chi connectivity index (χ3v) is 5.65.